The minimum absolute atomic E-state index is 1.07. The summed E-state index contributed by atoms with van der Waals surface area (Å²) in [7, 11) is 0. The first-order valence-electron chi connectivity index (χ1n) is 6.64. The summed E-state index contributed by atoms with van der Waals surface area (Å²) in [5.74, 6) is 2.14. The van der Waals surface area contributed by atoms with Crippen LogP contribution in [0.15, 0.2) is 0 Å². The Bertz CT molecular complexity index is 126. The van der Waals surface area contributed by atoms with Crippen LogP contribution in [-0.2, 0) is 0 Å². The minimum Gasteiger partial charge on any atom is -0.0654 e. The van der Waals surface area contributed by atoms with Crippen LogP contribution in [0.3, 0.4) is 0 Å². The number of rotatable bonds is 6. The maximum absolute atomic E-state index is 2.33. The summed E-state index contributed by atoms with van der Waals surface area (Å²) in [5, 5.41) is 0. The topological polar surface area (TPSA) is 0 Å². The predicted molar refractivity (Wildman–Crippen MR) is 64.2 cm³/mol. The van der Waals surface area contributed by atoms with Crippen LogP contribution in [0, 0.1) is 18.3 Å². The molecule has 2 unspecified atom stereocenters. The van der Waals surface area contributed by atoms with Crippen molar-refractivity contribution in [2.45, 2.75) is 71.6 Å². The molecule has 2 atom stereocenters. The molecule has 1 radical (unpaired) electrons. The fourth-order valence-electron chi connectivity index (χ4n) is 2.95. The molecule has 0 heterocycles. The van der Waals surface area contributed by atoms with Crippen molar-refractivity contribution in [3.63, 3.8) is 0 Å². The van der Waals surface area contributed by atoms with E-state index in [0.717, 1.165) is 11.8 Å². The van der Waals surface area contributed by atoms with Gasteiger partial charge in [0.05, 0.1) is 0 Å². The summed E-state index contributed by atoms with van der Waals surface area (Å²) in [6.07, 6.45) is 15.5. The fraction of sp³-hybridized carbons (Fsp3) is 0.929. The predicted octanol–water partition coefficient (Wildman–Crippen LogP) is 4.99. The van der Waals surface area contributed by atoms with Gasteiger partial charge in [-0.05, 0) is 24.7 Å². The molecule has 0 aromatic heterocycles. The summed E-state index contributed by atoms with van der Waals surface area (Å²) < 4.78 is 0. The summed E-state index contributed by atoms with van der Waals surface area (Å²) in [4.78, 5) is 0. The largest absolute Gasteiger partial charge is 0.0654 e. The van der Waals surface area contributed by atoms with Crippen LogP contribution in [0.4, 0.5) is 0 Å². The molecule has 1 saturated carbocycles. The van der Waals surface area contributed by atoms with Crippen molar-refractivity contribution < 1.29 is 0 Å². The molecular weight excluding hydrogens is 168 g/mol. The normalized spacial score (nSPS) is 27.9. The van der Waals surface area contributed by atoms with Crippen LogP contribution in [0.5, 0.6) is 0 Å². The third-order valence-electron chi connectivity index (χ3n) is 3.69. The Morgan fingerprint density at radius 1 is 1.14 bits per heavy atom. The number of unbranched alkanes of at least 4 members (excludes halogenated alkanes) is 2. The van der Waals surface area contributed by atoms with E-state index in [-0.39, 0.29) is 0 Å². The van der Waals surface area contributed by atoms with Gasteiger partial charge in [-0.15, -0.1) is 0 Å². The summed E-state index contributed by atoms with van der Waals surface area (Å²) >= 11 is 0. The van der Waals surface area contributed by atoms with Crippen LogP contribution in [-0.4, -0.2) is 0 Å². The van der Waals surface area contributed by atoms with Crippen LogP contribution in [0.25, 0.3) is 0 Å². The summed E-state index contributed by atoms with van der Waals surface area (Å²) in [6, 6.07) is 0. The second kappa shape index (κ2) is 7.31. The van der Waals surface area contributed by atoms with E-state index in [2.05, 4.69) is 20.3 Å². The fourth-order valence-corrected chi connectivity index (χ4v) is 2.95. The van der Waals surface area contributed by atoms with Crippen molar-refractivity contribution in [3.8, 4) is 0 Å². The van der Waals surface area contributed by atoms with Crippen molar-refractivity contribution in [1.29, 1.82) is 0 Å². The number of hydrogen-bond acceptors (Lipinski definition) is 0. The Morgan fingerprint density at radius 3 is 2.50 bits per heavy atom. The third kappa shape index (κ3) is 4.48. The first-order valence-corrected chi connectivity index (χ1v) is 6.64. The molecule has 83 valence electrons. The Morgan fingerprint density at radius 2 is 1.86 bits per heavy atom. The van der Waals surface area contributed by atoms with Crippen LogP contribution >= 0.6 is 0 Å². The molecule has 0 saturated heterocycles. The van der Waals surface area contributed by atoms with Crippen molar-refractivity contribution in [1.82, 2.24) is 0 Å². The summed E-state index contributed by atoms with van der Waals surface area (Å²) in [6.45, 7) is 4.51. The average Bonchev–Trinajstić information content (AvgIpc) is 2.19. The van der Waals surface area contributed by atoms with Gasteiger partial charge < -0.3 is 0 Å². The van der Waals surface area contributed by atoms with Gasteiger partial charge in [0.2, 0.25) is 0 Å². The molecule has 0 heteroatoms. The zero-order chi connectivity index (χ0) is 10.2. The molecule has 1 rings (SSSR count). The Labute approximate surface area is 90.5 Å². The first kappa shape index (κ1) is 12.1. The lowest BCUT2D eigenvalue weighted by Crippen LogP contribution is -2.15. The van der Waals surface area contributed by atoms with Crippen LogP contribution in [0.1, 0.15) is 71.6 Å². The van der Waals surface area contributed by atoms with Crippen LogP contribution in [0.2, 0.25) is 0 Å². The second-order valence-corrected chi connectivity index (χ2v) is 5.03. The molecule has 0 nitrogen and oxygen atoms in total. The van der Waals surface area contributed by atoms with Crippen molar-refractivity contribution in [2.24, 2.45) is 11.8 Å². The van der Waals surface area contributed by atoms with E-state index in [1.807, 2.05) is 0 Å². The van der Waals surface area contributed by atoms with Gasteiger partial charge in [0.25, 0.3) is 0 Å². The van der Waals surface area contributed by atoms with E-state index >= 15 is 0 Å². The van der Waals surface area contributed by atoms with E-state index in [1.165, 1.54) is 57.8 Å². The molecule has 0 amide bonds. The maximum atomic E-state index is 2.33. The molecule has 0 aromatic rings. The second-order valence-electron chi connectivity index (χ2n) is 5.03. The molecule has 1 fully saturated rings. The highest BCUT2D eigenvalue weighted by Crippen LogP contribution is 2.34. The zero-order valence-electron chi connectivity index (χ0n) is 10.1. The lowest BCUT2D eigenvalue weighted by atomic mass is 9.77. The van der Waals surface area contributed by atoms with Gasteiger partial charge >= 0.3 is 0 Å². The Hall–Kier alpha value is 0. The van der Waals surface area contributed by atoms with E-state index in [9.17, 15) is 0 Å². The lowest BCUT2D eigenvalue weighted by Gasteiger charge is -2.29. The summed E-state index contributed by atoms with van der Waals surface area (Å²) in [5.41, 5.74) is 0. The molecule has 1 aliphatic rings. The third-order valence-corrected chi connectivity index (χ3v) is 3.69. The Balaban J connectivity index is 2.12. The highest BCUT2D eigenvalue weighted by Gasteiger charge is 2.20. The van der Waals surface area contributed by atoms with Gasteiger partial charge in [-0.25, -0.2) is 0 Å². The highest BCUT2D eigenvalue weighted by molar-refractivity contribution is 4.73. The Kier molecular flexibility index (Phi) is 6.31. The van der Waals surface area contributed by atoms with Gasteiger partial charge in [-0.2, -0.15) is 0 Å². The minimum atomic E-state index is 1.07. The van der Waals surface area contributed by atoms with Gasteiger partial charge in [0, 0.05) is 0 Å². The molecule has 1 aliphatic carbocycles. The van der Waals surface area contributed by atoms with Gasteiger partial charge in [-0.1, -0.05) is 65.2 Å². The van der Waals surface area contributed by atoms with Crippen molar-refractivity contribution in [2.75, 3.05) is 0 Å². The number of hydrogen-bond donors (Lipinski definition) is 0. The van der Waals surface area contributed by atoms with Gasteiger partial charge in [0.15, 0.2) is 0 Å². The van der Waals surface area contributed by atoms with E-state index in [0.29, 0.717) is 0 Å². The standard InChI is InChI=1S/C14H27/c1-3-5-6-9-14-11-7-10-13(12-14)8-4-2/h3,13-14H,4-12H2,1-2H3. The van der Waals surface area contributed by atoms with E-state index in [4.69, 9.17) is 0 Å². The van der Waals surface area contributed by atoms with Crippen LogP contribution < -0.4 is 0 Å². The SMILES string of the molecule is C[CH]CCCC1CCCC(CCC)C1. The zero-order valence-corrected chi connectivity index (χ0v) is 10.1. The molecule has 0 bridgehead atoms. The molecule has 0 spiro atoms. The van der Waals surface area contributed by atoms with E-state index < -0.39 is 0 Å². The first-order chi connectivity index (χ1) is 6.86. The monoisotopic (exact) mass is 195 g/mol. The molecule has 14 heavy (non-hydrogen) atoms. The average molecular weight is 195 g/mol. The maximum Gasteiger partial charge on any atom is -0.0412 e. The van der Waals surface area contributed by atoms with Crippen molar-refractivity contribution >= 4 is 0 Å². The smallest absolute Gasteiger partial charge is 0.0412 e. The van der Waals surface area contributed by atoms with E-state index in [1.54, 1.807) is 0 Å². The highest BCUT2D eigenvalue weighted by atomic mass is 14.3. The molecule has 0 aliphatic heterocycles. The lowest BCUT2D eigenvalue weighted by molar-refractivity contribution is 0.240. The van der Waals surface area contributed by atoms with Crippen molar-refractivity contribution in [3.05, 3.63) is 6.42 Å². The molecular formula is C14H27. The molecule has 0 N–H and O–H groups in total. The molecule has 0 aromatic carbocycles. The van der Waals surface area contributed by atoms with Gasteiger partial charge in [0.1, 0.15) is 0 Å². The van der Waals surface area contributed by atoms with Gasteiger partial charge in [-0.3, -0.25) is 0 Å². The quantitative estimate of drug-likeness (QED) is 0.524.